The Morgan fingerprint density at radius 2 is 1.81 bits per heavy atom. The minimum absolute atomic E-state index is 0.0969. The Hall–Kier alpha value is -3.63. The molecule has 2 heterocycles. The molecule has 0 unspecified atom stereocenters. The van der Waals surface area contributed by atoms with Gasteiger partial charge in [0.25, 0.3) is 5.91 Å². The van der Waals surface area contributed by atoms with Crippen LogP contribution in [0.25, 0.3) is 11.4 Å². The Bertz CT molecular complexity index is 1200. The average molecular weight is 513 g/mol. The molecule has 2 aromatic heterocycles. The number of nitrogens with zero attached hydrogens (tertiary/aromatic N) is 4. The Morgan fingerprint density at radius 1 is 1.11 bits per heavy atom. The molecule has 0 bridgehead atoms. The summed E-state index contributed by atoms with van der Waals surface area (Å²) in [5, 5.41) is 29.3. The van der Waals surface area contributed by atoms with Crippen LogP contribution in [0.1, 0.15) is 62.1 Å². The number of carbonyl (C=O) groups excluding carboxylic acids is 1. The van der Waals surface area contributed by atoms with Crippen LogP contribution in [0.2, 0.25) is 0 Å². The normalized spacial score (nSPS) is 12.9. The first-order valence-corrected chi connectivity index (χ1v) is 12.3. The molecule has 1 aromatic carbocycles. The minimum Gasteiger partial charge on any atom is -0.481 e. The van der Waals surface area contributed by atoms with E-state index in [-0.39, 0.29) is 36.9 Å². The largest absolute Gasteiger partial charge is 0.481 e. The van der Waals surface area contributed by atoms with E-state index in [4.69, 9.17) is 10.1 Å². The Morgan fingerprint density at radius 3 is 2.38 bits per heavy atom. The maximum Gasteiger partial charge on any atom is 0.305 e. The molecule has 37 heavy (non-hydrogen) atoms. The molecule has 9 nitrogen and oxygen atoms in total. The smallest absolute Gasteiger partial charge is 0.305 e. The summed E-state index contributed by atoms with van der Waals surface area (Å²) in [6, 6.07) is 9.33. The summed E-state index contributed by atoms with van der Waals surface area (Å²) in [7, 11) is 0. The van der Waals surface area contributed by atoms with Crippen LogP contribution in [-0.2, 0) is 11.3 Å². The van der Waals surface area contributed by atoms with E-state index in [0.717, 1.165) is 0 Å². The first-order chi connectivity index (χ1) is 17.6. The molecular formula is C27H33FN4O5. The molecule has 1 amide bonds. The number of halogens is 1. The zero-order valence-electron chi connectivity index (χ0n) is 21.2. The number of carboxylic acids is 1. The number of carbonyl (C=O) groups is 2. The van der Waals surface area contributed by atoms with Crippen LogP contribution < -0.4 is 4.90 Å². The van der Waals surface area contributed by atoms with Crippen LogP contribution in [0, 0.1) is 5.82 Å². The summed E-state index contributed by atoms with van der Waals surface area (Å²) in [6.45, 7) is 6.37. The Labute approximate surface area is 215 Å². The number of imidazole rings is 1. The molecule has 0 spiro atoms. The van der Waals surface area contributed by atoms with Gasteiger partial charge in [0.05, 0.1) is 36.2 Å². The highest BCUT2D eigenvalue weighted by molar-refractivity contribution is 6.06. The summed E-state index contributed by atoms with van der Waals surface area (Å²) in [5.41, 5.74) is 2.14. The Balaban J connectivity index is 2.02. The number of rotatable bonds is 12. The molecule has 0 radical (unpaired) electrons. The van der Waals surface area contributed by atoms with Gasteiger partial charge in [-0.25, -0.2) is 9.37 Å². The fourth-order valence-corrected chi connectivity index (χ4v) is 4.33. The van der Waals surface area contributed by atoms with Crippen molar-refractivity contribution in [2.24, 2.45) is 0 Å². The van der Waals surface area contributed by atoms with E-state index in [9.17, 15) is 24.2 Å². The molecule has 198 valence electrons. The second-order valence-corrected chi connectivity index (χ2v) is 9.17. The van der Waals surface area contributed by atoms with Gasteiger partial charge in [0.2, 0.25) is 0 Å². The van der Waals surface area contributed by atoms with Crippen molar-refractivity contribution in [1.29, 1.82) is 0 Å². The van der Waals surface area contributed by atoms with Crippen LogP contribution in [0.15, 0.2) is 48.8 Å². The molecule has 2 atom stereocenters. The highest BCUT2D eigenvalue weighted by Gasteiger charge is 2.29. The zero-order valence-corrected chi connectivity index (χ0v) is 21.2. The monoisotopic (exact) mass is 512 g/mol. The fourth-order valence-electron chi connectivity index (χ4n) is 4.33. The molecule has 0 fully saturated rings. The van der Waals surface area contributed by atoms with Crippen LogP contribution in [0.3, 0.4) is 0 Å². The van der Waals surface area contributed by atoms with Crippen molar-refractivity contribution in [2.75, 3.05) is 11.4 Å². The first kappa shape index (κ1) is 27.9. The lowest BCUT2D eigenvalue weighted by Gasteiger charge is -2.22. The number of pyridine rings is 1. The number of hydrogen-bond donors (Lipinski definition) is 3. The number of anilines is 1. The lowest BCUT2D eigenvalue weighted by molar-refractivity contribution is -0.139. The Kier molecular flexibility index (Phi) is 9.48. The van der Waals surface area contributed by atoms with Gasteiger partial charge in [0.1, 0.15) is 11.6 Å². The fraction of sp³-hybridized carbons (Fsp3) is 0.407. The van der Waals surface area contributed by atoms with Gasteiger partial charge in [-0.2, -0.15) is 0 Å². The molecule has 0 aliphatic rings. The number of amides is 1. The van der Waals surface area contributed by atoms with E-state index in [1.807, 2.05) is 25.3 Å². The average Bonchev–Trinajstić information content (AvgIpc) is 3.23. The highest BCUT2D eigenvalue weighted by atomic mass is 19.1. The number of aliphatic hydroxyl groups is 2. The number of aromatic nitrogens is 3. The number of benzene rings is 1. The van der Waals surface area contributed by atoms with Crippen molar-refractivity contribution in [2.45, 2.75) is 64.7 Å². The second-order valence-electron chi connectivity index (χ2n) is 9.17. The summed E-state index contributed by atoms with van der Waals surface area (Å²) in [6.07, 6.45) is 0.717. The summed E-state index contributed by atoms with van der Waals surface area (Å²) >= 11 is 0. The van der Waals surface area contributed by atoms with Gasteiger partial charge in [-0.15, -0.1) is 0 Å². The number of aliphatic hydroxyl groups excluding tert-OH is 2. The molecule has 0 aliphatic carbocycles. The SMILES string of the molecule is CCN(C(=O)c1nc(-c2ccc(F)cc2)n(CC[C@@H](O)C[C@@H](O)CC(=O)O)c1C(C)C)c1cccnc1. The van der Waals surface area contributed by atoms with Gasteiger partial charge in [-0.1, -0.05) is 13.8 Å². The van der Waals surface area contributed by atoms with E-state index in [2.05, 4.69) is 4.98 Å². The summed E-state index contributed by atoms with van der Waals surface area (Å²) < 4.78 is 15.5. The lowest BCUT2D eigenvalue weighted by atomic mass is 10.0. The molecule has 0 saturated carbocycles. The molecule has 3 aromatic rings. The van der Waals surface area contributed by atoms with Crippen LogP contribution >= 0.6 is 0 Å². The quantitative estimate of drug-likeness (QED) is 0.336. The third kappa shape index (κ3) is 6.99. The maximum absolute atomic E-state index is 13.8. The van der Waals surface area contributed by atoms with Crippen molar-refractivity contribution in [1.82, 2.24) is 14.5 Å². The summed E-state index contributed by atoms with van der Waals surface area (Å²) in [4.78, 5) is 35.0. The second kappa shape index (κ2) is 12.6. The highest BCUT2D eigenvalue weighted by Crippen LogP contribution is 2.30. The van der Waals surface area contributed by atoms with E-state index in [1.165, 1.54) is 12.1 Å². The van der Waals surface area contributed by atoms with E-state index in [1.54, 1.807) is 41.6 Å². The van der Waals surface area contributed by atoms with Crippen LogP contribution in [-0.4, -0.2) is 60.5 Å². The van der Waals surface area contributed by atoms with Crippen LogP contribution in [0.5, 0.6) is 0 Å². The predicted octanol–water partition coefficient (Wildman–Crippen LogP) is 3.85. The minimum atomic E-state index is -1.17. The third-order valence-corrected chi connectivity index (χ3v) is 6.02. The van der Waals surface area contributed by atoms with Gasteiger partial charge >= 0.3 is 5.97 Å². The number of hydrogen-bond acceptors (Lipinski definition) is 6. The van der Waals surface area contributed by atoms with Gasteiger partial charge in [-0.3, -0.25) is 14.6 Å². The molecule has 0 aliphatic heterocycles. The number of aliphatic carboxylic acids is 1. The molecular weight excluding hydrogens is 479 g/mol. The maximum atomic E-state index is 13.8. The van der Waals surface area contributed by atoms with Gasteiger partial charge in [0, 0.05) is 24.8 Å². The van der Waals surface area contributed by atoms with E-state index in [0.29, 0.717) is 29.3 Å². The van der Waals surface area contributed by atoms with E-state index >= 15 is 0 Å². The zero-order chi connectivity index (χ0) is 27.1. The molecule has 3 N–H and O–H groups in total. The van der Waals surface area contributed by atoms with Crippen molar-refractivity contribution < 1.29 is 29.3 Å². The lowest BCUT2D eigenvalue weighted by Crippen LogP contribution is -2.32. The molecule has 3 rings (SSSR count). The summed E-state index contributed by atoms with van der Waals surface area (Å²) in [5.74, 6) is -1.53. The van der Waals surface area contributed by atoms with Crippen molar-refractivity contribution in [3.63, 3.8) is 0 Å². The topological polar surface area (TPSA) is 129 Å². The van der Waals surface area contributed by atoms with Crippen molar-refractivity contribution in [3.8, 4) is 11.4 Å². The first-order valence-electron chi connectivity index (χ1n) is 12.3. The van der Waals surface area contributed by atoms with Gasteiger partial charge in [-0.05, 0) is 62.1 Å². The van der Waals surface area contributed by atoms with Crippen LogP contribution in [0.4, 0.5) is 10.1 Å². The molecule has 0 saturated heterocycles. The van der Waals surface area contributed by atoms with Gasteiger partial charge in [0.15, 0.2) is 5.69 Å². The predicted molar refractivity (Wildman–Crippen MR) is 137 cm³/mol. The third-order valence-electron chi connectivity index (χ3n) is 6.02. The number of carboxylic acid groups (broad SMARTS) is 1. The van der Waals surface area contributed by atoms with Crippen molar-refractivity contribution >= 4 is 17.6 Å². The molecule has 10 heteroatoms. The standard InChI is InChI=1S/C27H33FN4O5/c1-4-31(20-6-5-12-29-16-20)27(37)24-25(17(2)3)32(13-11-21(33)14-22(34)15-23(35)36)26(30-24)18-7-9-19(28)10-8-18/h5-10,12,16-17,21-22,33-34H,4,11,13-15H2,1-3H3,(H,35,36)/t21-,22-/m1/s1. The van der Waals surface area contributed by atoms with Crippen molar-refractivity contribution in [3.05, 3.63) is 66.0 Å². The van der Waals surface area contributed by atoms with Gasteiger partial charge < -0.3 is 24.8 Å². The van der Waals surface area contributed by atoms with E-state index < -0.39 is 30.4 Å².